The lowest BCUT2D eigenvalue weighted by atomic mass is 9.81. The highest BCUT2D eigenvalue weighted by molar-refractivity contribution is 6.35. The molecular weight excluding hydrogens is 655 g/mol. The first-order valence-electron chi connectivity index (χ1n) is 18.7. The van der Waals surface area contributed by atoms with Crippen molar-refractivity contribution in [2.24, 2.45) is 5.90 Å². The van der Waals surface area contributed by atoms with Crippen molar-refractivity contribution in [1.29, 1.82) is 0 Å². The van der Waals surface area contributed by atoms with Crippen LogP contribution in [0.15, 0.2) is 182 Å². The summed E-state index contributed by atoms with van der Waals surface area (Å²) in [6, 6.07) is 60.9. The minimum Gasteiger partial charge on any atom is -0.320 e. The van der Waals surface area contributed by atoms with Crippen LogP contribution in [0.25, 0.3) is 104 Å². The van der Waals surface area contributed by atoms with Gasteiger partial charge in [0, 0.05) is 0 Å². The lowest BCUT2D eigenvalue weighted by molar-refractivity contribution is 0.311. The van der Waals surface area contributed by atoms with Gasteiger partial charge in [0.05, 0.1) is 0 Å². The first kappa shape index (κ1) is 32.1. The zero-order valence-electron chi connectivity index (χ0n) is 29.8. The molecule has 0 aliphatic heterocycles. The van der Waals surface area contributed by atoms with E-state index in [1.807, 2.05) is 0 Å². The molecule has 0 fully saturated rings. The molecular formula is C52H37NO. The van der Waals surface area contributed by atoms with Gasteiger partial charge in [-0.1, -0.05) is 176 Å². The Kier molecular flexibility index (Phi) is 7.80. The van der Waals surface area contributed by atoms with Gasteiger partial charge in [0.1, 0.15) is 0 Å². The van der Waals surface area contributed by atoms with E-state index in [4.69, 9.17) is 5.21 Å². The van der Waals surface area contributed by atoms with Crippen molar-refractivity contribution in [1.82, 2.24) is 0 Å². The topological polar surface area (TPSA) is 46.2 Å². The van der Waals surface area contributed by atoms with E-state index in [2.05, 4.69) is 188 Å². The number of hydrogen-bond acceptors (Lipinski definition) is 2. The van der Waals surface area contributed by atoms with E-state index in [9.17, 15) is 0 Å². The van der Waals surface area contributed by atoms with E-state index >= 15 is 0 Å². The van der Waals surface area contributed by atoms with Crippen LogP contribution in [-0.4, -0.2) is 5.21 Å². The van der Waals surface area contributed by atoms with Crippen molar-refractivity contribution in [3.05, 3.63) is 188 Å². The molecule has 2 aliphatic rings. The zero-order valence-corrected chi connectivity index (χ0v) is 29.8. The summed E-state index contributed by atoms with van der Waals surface area (Å²) in [5.74, 6) is 3.50. The number of fused-ring (bicyclic) bond motifs is 7. The Morgan fingerprint density at radius 1 is 0.352 bits per heavy atom. The van der Waals surface area contributed by atoms with Gasteiger partial charge in [-0.05, 0) is 129 Å². The predicted molar refractivity (Wildman–Crippen MR) is 230 cm³/mol. The summed E-state index contributed by atoms with van der Waals surface area (Å²) in [7, 11) is 0. The highest BCUT2D eigenvalue weighted by Crippen LogP contribution is 2.60. The van der Waals surface area contributed by atoms with Crippen molar-refractivity contribution >= 4 is 48.7 Å². The smallest absolute Gasteiger partial charge is 0.000719 e. The molecule has 0 spiro atoms. The Balaban J connectivity index is 0.00000178. The average Bonchev–Trinajstić information content (AvgIpc) is 3.58. The molecule has 0 bridgehead atoms. The first-order chi connectivity index (χ1) is 26.9. The van der Waals surface area contributed by atoms with Crippen LogP contribution in [-0.2, 0) is 0 Å². The Bertz CT molecular complexity index is 2980. The fourth-order valence-corrected chi connectivity index (χ4v) is 9.36. The quantitative estimate of drug-likeness (QED) is 0.110. The molecule has 0 unspecified atom stereocenters. The molecule has 0 saturated carbocycles. The third kappa shape index (κ3) is 4.75. The van der Waals surface area contributed by atoms with Crippen LogP contribution in [0.3, 0.4) is 0 Å². The van der Waals surface area contributed by atoms with Gasteiger partial charge in [0.15, 0.2) is 0 Å². The molecule has 0 heterocycles. The van der Waals surface area contributed by atoms with Crippen LogP contribution >= 0.6 is 0 Å². The van der Waals surface area contributed by atoms with E-state index in [1.165, 1.54) is 110 Å². The minimum absolute atomic E-state index is 1.06. The molecule has 0 radical (unpaired) electrons. The molecule has 9 aromatic carbocycles. The van der Waals surface area contributed by atoms with Crippen LogP contribution in [0.1, 0.15) is 18.4 Å². The molecule has 2 heteroatoms. The normalized spacial score (nSPS) is 12.9. The van der Waals surface area contributed by atoms with E-state index in [0.29, 0.717) is 0 Å². The van der Waals surface area contributed by atoms with E-state index in [-0.39, 0.29) is 0 Å². The average molecular weight is 692 g/mol. The summed E-state index contributed by atoms with van der Waals surface area (Å²) in [6.45, 7) is 0. The van der Waals surface area contributed by atoms with Crippen molar-refractivity contribution in [2.75, 3.05) is 0 Å². The summed E-state index contributed by atoms with van der Waals surface area (Å²) in [4.78, 5) is 0. The maximum absolute atomic E-state index is 6.50. The second kappa shape index (κ2) is 13.1. The molecule has 0 aromatic heterocycles. The second-order valence-corrected chi connectivity index (χ2v) is 14.2. The molecule has 11 rings (SSSR count). The number of allylic oxidation sites excluding steroid dienone is 4. The van der Waals surface area contributed by atoms with Crippen molar-refractivity contribution in [3.8, 4) is 55.6 Å². The first-order valence-corrected chi connectivity index (χ1v) is 18.7. The van der Waals surface area contributed by atoms with Gasteiger partial charge >= 0.3 is 0 Å². The Morgan fingerprint density at radius 2 is 0.815 bits per heavy atom. The summed E-state index contributed by atoms with van der Waals surface area (Å²) in [5, 5.41) is 17.0. The molecule has 2 nitrogen and oxygen atoms in total. The van der Waals surface area contributed by atoms with Crippen LogP contribution in [0.4, 0.5) is 0 Å². The Labute approximate surface area is 314 Å². The molecule has 9 aromatic rings. The Hall–Kier alpha value is -6.58. The maximum atomic E-state index is 6.50. The summed E-state index contributed by atoms with van der Waals surface area (Å²) in [6.07, 6.45) is 9.30. The summed E-state index contributed by atoms with van der Waals surface area (Å²) < 4.78 is 0. The third-order valence-electron chi connectivity index (χ3n) is 11.4. The molecule has 0 amide bonds. The van der Waals surface area contributed by atoms with Gasteiger partial charge in [0.2, 0.25) is 0 Å². The molecule has 3 N–H and O–H groups in total. The second-order valence-electron chi connectivity index (χ2n) is 14.2. The van der Waals surface area contributed by atoms with Crippen LogP contribution in [0, 0.1) is 0 Å². The third-order valence-corrected chi connectivity index (χ3v) is 11.4. The van der Waals surface area contributed by atoms with Gasteiger partial charge < -0.3 is 5.21 Å². The van der Waals surface area contributed by atoms with Gasteiger partial charge in [-0.25, -0.2) is 5.90 Å². The van der Waals surface area contributed by atoms with Crippen molar-refractivity contribution < 1.29 is 5.21 Å². The fraction of sp³-hybridized carbons (Fsp3) is 0.0385. The van der Waals surface area contributed by atoms with Crippen LogP contribution in [0.2, 0.25) is 0 Å². The number of rotatable bonds is 4. The SMILES string of the molecule is C1=CC(c2c3ccccc3c(-c3ccccc3)c3c2cc2c4c(cccc43)-c3c-2c(-c2ccccc2)c2ccccc2c3-c2ccccc2)=CCC1.NO. The summed E-state index contributed by atoms with van der Waals surface area (Å²) in [5.41, 5.74) is 15.7. The van der Waals surface area contributed by atoms with Crippen LogP contribution in [0.5, 0.6) is 0 Å². The van der Waals surface area contributed by atoms with Crippen molar-refractivity contribution in [3.63, 3.8) is 0 Å². The molecule has 54 heavy (non-hydrogen) atoms. The predicted octanol–water partition coefficient (Wildman–Crippen LogP) is 14.0. The van der Waals surface area contributed by atoms with E-state index in [1.54, 1.807) is 0 Å². The van der Waals surface area contributed by atoms with E-state index in [0.717, 1.165) is 12.8 Å². The fourth-order valence-electron chi connectivity index (χ4n) is 9.36. The number of hydrogen-bond donors (Lipinski definition) is 2. The highest BCUT2D eigenvalue weighted by atomic mass is 16.4. The highest BCUT2D eigenvalue weighted by Gasteiger charge is 2.32. The van der Waals surface area contributed by atoms with Gasteiger partial charge in [-0.3, -0.25) is 0 Å². The molecule has 0 saturated heterocycles. The van der Waals surface area contributed by atoms with Gasteiger partial charge in [-0.2, -0.15) is 0 Å². The van der Waals surface area contributed by atoms with Gasteiger partial charge in [0.25, 0.3) is 0 Å². The molecule has 2 aliphatic carbocycles. The Morgan fingerprint density at radius 3 is 1.35 bits per heavy atom. The molecule has 0 atom stereocenters. The monoisotopic (exact) mass is 691 g/mol. The van der Waals surface area contributed by atoms with Crippen LogP contribution < -0.4 is 5.90 Å². The minimum atomic E-state index is 1.06. The zero-order chi connectivity index (χ0) is 36.2. The van der Waals surface area contributed by atoms with Gasteiger partial charge in [-0.15, -0.1) is 0 Å². The largest absolute Gasteiger partial charge is 0.320 e. The number of nitrogens with two attached hydrogens (primary N) is 1. The molecule has 256 valence electrons. The van der Waals surface area contributed by atoms with E-state index < -0.39 is 0 Å². The summed E-state index contributed by atoms with van der Waals surface area (Å²) >= 11 is 0. The standard InChI is InChI=1S/C52H34.H3NO/c1-5-18-33(19-6-1)45-37-26-13-14-27-38(37)46(34-20-7-2-8-21-34)50-41-30-17-31-42-49(41)44(32-43(45)50)52-48(36-24-11-4-12-25-36)40-29-16-15-28-39(40)47(51(42)52)35-22-9-3-10-23-35;1-2/h2-5,7-32H,1,6H2;2H,1H2. The maximum Gasteiger partial charge on any atom is -0.000719 e. The lowest BCUT2D eigenvalue weighted by Crippen LogP contribution is -1.96. The number of benzene rings is 9. The van der Waals surface area contributed by atoms with Crippen molar-refractivity contribution in [2.45, 2.75) is 12.8 Å². The lowest BCUT2D eigenvalue weighted by Gasteiger charge is -2.22.